The van der Waals surface area contributed by atoms with Crippen LogP contribution in [0.4, 0.5) is 13.2 Å². The summed E-state index contributed by atoms with van der Waals surface area (Å²) in [6.45, 7) is 2.49. The van der Waals surface area contributed by atoms with Crippen molar-refractivity contribution in [2.75, 3.05) is 13.1 Å². The average Bonchev–Trinajstić information content (AvgIpc) is 2.94. The molecule has 0 bridgehead atoms. The molecule has 1 aliphatic heterocycles. The molecule has 22 heavy (non-hydrogen) atoms. The van der Waals surface area contributed by atoms with Crippen LogP contribution in [0.15, 0.2) is 6.20 Å². The fourth-order valence-electron chi connectivity index (χ4n) is 2.58. The summed E-state index contributed by atoms with van der Waals surface area (Å²) >= 11 is 1.34. The lowest BCUT2D eigenvalue weighted by atomic mass is 9.91. The van der Waals surface area contributed by atoms with Gasteiger partial charge in [-0.05, 0) is 31.6 Å². The van der Waals surface area contributed by atoms with E-state index < -0.39 is 18.2 Å². The second-order valence-corrected chi connectivity index (χ2v) is 6.60. The first-order valence-electron chi connectivity index (χ1n) is 7.31. The van der Waals surface area contributed by atoms with Crippen molar-refractivity contribution in [3.05, 3.63) is 16.1 Å². The number of rotatable bonds is 4. The maximum atomic E-state index is 12.5. The molecule has 0 aromatic carbocycles. The molecule has 0 radical (unpaired) electrons. The van der Waals surface area contributed by atoms with Crippen molar-refractivity contribution < 1.29 is 23.1 Å². The van der Waals surface area contributed by atoms with Gasteiger partial charge in [-0.1, -0.05) is 6.92 Å². The number of amides is 1. The summed E-state index contributed by atoms with van der Waals surface area (Å²) < 4.78 is 37.5. The summed E-state index contributed by atoms with van der Waals surface area (Å²) in [5.74, 6) is -1.01. The third kappa shape index (κ3) is 3.98. The Labute approximate surface area is 131 Å². The zero-order valence-electron chi connectivity index (χ0n) is 12.3. The van der Waals surface area contributed by atoms with Gasteiger partial charge >= 0.3 is 6.18 Å². The number of aryl methyl sites for hydroxylation is 1. The standard InChI is InChI=1S/C14H19F3N2O2S/c1-2-3-11-18-8-10(22-11)13(21)19-6-4-9(5-7-19)12(20)14(15,16)17/h8-9,12,20H,2-7H2,1H3. The molecule has 1 aromatic heterocycles. The third-order valence-electron chi connectivity index (χ3n) is 3.84. The number of carbonyl (C=O) groups is 1. The van der Waals surface area contributed by atoms with Crippen molar-refractivity contribution >= 4 is 17.2 Å². The Hall–Kier alpha value is -1.15. The van der Waals surface area contributed by atoms with Gasteiger partial charge in [0.25, 0.3) is 5.91 Å². The Morgan fingerprint density at radius 1 is 1.50 bits per heavy atom. The maximum Gasteiger partial charge on any atom is 0.414 e. The second kappa shape index (κ2) is 6.95. The molecule has 8 heteroatoms. The predicted molar refractivity (Wildman–Crippen MR) is 76.8 cm³/mol. The van der Waals surface area contributed by atoms with Gasteiger partial charge in [0.15, 0.2) is 6.10 Å². The van der Waals surface area contributed by atoms with Crippen LogP contribution >= 0.6 is 11.3 Å². The monoisotopic (exact) mass is 336 g/mol. The first kappa shape index (κ1) is 17.2. The van der Waals surface area contributed by atoms with Crippen LogP contribution in [0.5, 0.6) is 0 Å². The molecule has 1 N–H and O–H groups in total. The number of thiazole rings is 1. The molecule has 1 atom stereocenters. The number of alkyl halides is 3. The van der Waals surface area contributed by atoms with Gasteiger partial charge in [0.1, 0.15) is 4.88 Å². The fraction of sp³-hybridized carbons (Fsp3) is 0.714. The molecule has 2 heterocycles. The minimum Gasteiger partial charge on any atom is -0.383 e. The lowest BCUT2D eigenvalue weighted by molar-refractivity contribution is -0.222. The van der Waals surface area contributed by atoms with Crippen LogP contribution < -0.4 is 0 Å². The summed E-state index contributed by atoms with van der Waals surface area (Å²) in [6, 6.07) is 0. The van der Waals surface area contributed by atoms with Gasteiger partial charge in [0, 0.05) is 13.1 Å². The number of likely N-dealkylation sites (tertiary alicyclic amines) is 1. The van der Waals surface area contributed by atoms with Gasteiger partial charge in [-0.2, -0.15) is 13.2 Å². The Morgan fingerprint density at radius 3 is 2.68 bits per heavy atom. The summed E-state index contributed by atoms with van der Waals surface area (Å²) in [5, 5.41) is 10.2. The summed E-state index contributed by atoms with van der Waals surface area (Å²) in [7, 11) is 0. The number of carbonyl (C=O) groups excluding carboxylic acids is 1. The fourth-order valence-corrected chi connectivity index (χ4v) is 3.57. The van der Waals surface area contributed by atoms with Crippen LogP contribution in [0.1, 0.15) is 40.9 Å². The quantitative estimate of drug-likeness (QED) is 0.920. The number of halogens is 3. The van der Waals surface area contributed by atoms with Crippen molar-refractivity contribution in [3.8, 4) is 0 Å². The Kier molecular flexibility index (Phi) is 5.44. The van der Waals surface area contributed by atoms with Crippen molar-refractivity contribution in [3.63, 3.8) is 0 Å². The molecule has 0 aliphatic carbocycles. The number of hydrogen-bond acceptors (Lipinski definition) is 4. The largest absolute Gasteiger partial charge is 0.414 e. The summed E-state index contributed by atoms with van der Waals surface area (Å²) in [4.78, 5) is 18.6. The van der Waals surface area contributed by atoms with E-state index in [2.05, 4.69) is 4.98 Å². The average molecular weight is 336 g/mol. The first-order chi connectivity index (χ1) is 10.3. The molecule has 124 valence electrons. The Morgan fingerprint density at radius 2 is 2.14 bits per heavy atom. The van der Waals surface area contributed by atoms with Gasteiger partial charge in [0.05, 0.1) is 11.2 Å². The van der Waals surface area contributed by atoms with Gasteiger partial charge in [0.2, 0.25) is 0 Å². The SMILES string of the molecule is CCCc1ncc(C(=O)N2CCC(C(O)C(F)(F)F)CC2)s1. The summed E-state index contributed by atoms with van der Waals surface area (Å²) in [6.07, 6.45) is -3.28. The molecule has 1 saturated heterocycles. The molecule has 0 spiro atoms. The van der Waals surface area contributed by atoms with Crippen LogP contribution in [0, 0.1) is 5.92 Å². The zero-order valence-corrected chi connectivity index (χ0v) is 13.1. The predicted octanol–water partition coefficient (Wildman–Crippen LogP) is 2.87. The highest BCUT2D eigenvalue weighted by atomic mass is 32.1. The van der Waals surface area contributed by atoms with E-state index in [4.69, 9.17) is 0 Å². The van der Waals surface area contributed by atoms with Crippen molar-refractivity contribution in [1.82, 2.24) is 9.88 Å². The van der Waals surface area contributed by atoms with E-state index in [0.717, 1.165) is 17.8 Å². The number of piperidine rings is 1. The zero-order chi connectivity index (χ0) is 16.3. The highest BCUT2D eigenvalue weighted by molar-refractivity contribution is 7.13. The van der Waals surface area contributed by atoms with Crippen LogP contribution in [-0.4, -0.2) is 46.3 Å². The lowest BCUT2D eigenvalue weighted by Gasteiger charge is -2.34. The molecular weight excluding hydrogens is 317 g/mol. The normalized spacial score (nSPS) is 18.5. The molecule has 2 rings (SSSR count). The van der Waals surface area contributed by atoms with Crippen molar-refractivity contribution in [2.24, 2.45) is 5.92 Å². The molecule has 0 saturated carbocycles. The number of aliphatic hydroxyl groups is 1. The van der Waals surface area contributed by atoms with E-state index in [1.165, 1.54) is 17.5 Å². The van der Waals surface area contributed by atoms with E-state index in [9.17, 15) is 23.1 Å². The number of hydrogen-bond donors (Lipinski definition) is 1. The van der Waals surface area contributed by atoms with Crippen molar-refractivity contribution in [1.29, 1.82) is 0 Å². The van der Waals surface area contributed by atoms with Gasteiger partial charge in [-0.15, -0.1) is 11.3 Å². The highest BCUT2D eigenvalue weighted by Crippen LogP contribution is 2.32. The van der Waals surface area contributed by atoms with Crippen LogP contribution in [0.3, 0.4) is 0 Å². The molecule has 1 unspecified atom stereocenters. The lowest BCUT2D eigenvalue weighted by Crippen LogP contribution is -2.45. The molecular formula is C14H19F3N2O2S. The molecule has 1 aliphatic rings. The van der Waals surface area contributed by atoms with Crippen LogP contribution in [0.2, 0.25) is 0 Å². The van der Waals surface area contributed by atoms with E-state index in [1.807, 2.05) is 6.92 Å². The minimum atomic E-state index is -4.59. The van der Waals surface area contributed by atoms with Gasteiger partial charge < -0.3 is 10.0 Å². The number of aliphatic hydroxyl groups excluding tert-OH is 1. The van der Waals surface area contributed by atoms with E-state index in [-0.39, 0.29) is 31.8 Å². The second-order valence-electron chi connectivity index (χ2n) is 5.48. The number of aromatic nitrogens is 1. The minimum absolute atomic E-state index is 0.160. The van der Waals surface area contributed by atoms with Crippen LogP contribution in [0.25, 0.3) is 0 Å². The Balaban J connectivity index is 1.92. The smallest absolute Gasteiger partial charge is 0.383 e. The highest BCUT2D eigenvalue weighted by Gasteiger charge is 2.44. The third-order valence-corrected chi connectivity index (χ3v) is 4.88. The maximum absolute atomic E-state index is 12.5. The Bertz CT molecular complexity index is 510. The van der Waals surface area contributed by atoms with E-state index in [0.29, 0.717) is 4.88 Å². The summed E-state index contributed by atoms with van der Waals surface area (Å²) in [5.41, 5.74) is 0. The topological polar surface area (TPSA) is 53.4 Å². The number of nitrogens with zero attached hydrogens (tertiary/aromatic N) is 2. The molecule has 4 nitrogen and oxygen atoms in total. The van der Waals surface area contributed by atoms with Gasteiger partial charge in [-0.25, -0.2) is 4.98 Å². The molecule has 1 amide bonds. The van der Waals surface area contributed by atoms with E-state index >= 15 is 0 Å². The molecule has 1 fully saturated rings. The molecule has 1 aromatic rings. The van der Waals surface area contributed by atoms with E-state index in [1.54, 1.807) is 4.90 Å². The van der Waals surface area contributed by atoms with Gasteiger partial charge in [-0.3, -0.25) is 4.79 Å². The first-order valence-corrected chi connectivity index (χ1v) is 8.13. The van der Waals surface area contributed by atoms with Crippen molar-refractivity contribution in [2.45, 2.75) is 44.9 Å². The van der Waals surface area contributed by atoms with Crippen LogP contribution in [-0.2, 0) is 6.42 Å².